The second-order valence-corrected chi connectivity index (χ2v) is 6.90. The normalized spacial score (nSPS) is 11.7. The summed E-state index contributed by atoms with van der Waals surface area (Å²) in [4.78, 5) is 15.9. The van der Waals surface area contributed by atoms with Gasteiger partial charge >= 0.3 is 5.69 Å². The molecule has 3 rings (SSSR count). The fraction of sp³-hybridized carbons (Fsp3) is 0.316. The zero-order valence-corrected chi connectivity index (χ0v) is 15.6. The van der Waals surface area contributed by atoms with Crippen LogP contribution in [-0.4, -0.2) is 54.1 Å². The van der Waals surface area contributed by atoms with Crippen molar-refractivity contribution in [3.63, 3.8) is 0 Å². The lowest BCUT2D eigenvalue weighted by atomic mass is 10.1. The largest absolute Gasteiger partial charge is 0.490 e. The fourth-order valence-electron chi connectivity index (χ4n) is 3.16. The van der Waals surface area contributed by atoms with Crippen molar-refractivity contribution in [3.05, 3.63) is 46.5 Å². The van der Waals surface area contributed by atoms with Gasteiger partial charge in [0.1, 0.15) is 11.9 Å². The molecule has 0 bridgehead atoms. The number of hydrogen-bond acceptors (Lipinski definition) is 6. The molecule has 2 N–H and O–H groups in total. The van der Waals surface area contributed by atoms with Crippen molar-refractivity contribution in [2.45, 2.75) is 6.42 Å². The molecule has 1 heterocycles. The number of aromatic nitrogens is 1. The lowest BCUT2D eigenvalue weighted by Crippen LogP contribution is -2.36. The second kappa shape index (κ2) is 7.34. The van der Waals surface area contributed by atoms with Gasteiger partial charge in [-0.1, -0.05) is 18.2 Å². The molecule has 0 atom stereocenters. The van der Waals surface area contributed by atoms with E-state index in [-0.39, 0.29) is 16.1 Å². The first-order valence-corrected chi connectivity index (χ1v) is 8.65. The highest BCUT2D eigenvalue weighted by molar-refractivity contribution is 6.12. The number of benzene rings is 2. The van der Waals surface area contributed by atoms with Crippen LogP contribution < -0.4 is 10.1 Å². The van der Waals surface area contributed by atoms with Gasteiger partial charge in [-0.25, -0.2) is 10.2 Å². The zero-order valence-electron chi connectivity index (χ0n) is 15.6. The highest BCUT2D eigenvalue weighted by Crippen LogP contribution is 2.41. The van der Waals surface area contributed by atoms with Crippen molar-refractivity contribution in [2.75, 3.05) is 39.6 Å². The number of fused-ring (bicyclic) bond motifs is 2. The summed E-state index contributed by atoms with van der Waals surface area (Å²) in [5, 5.41) is 26.2. The first kappa shape index (κ1) is 18.8. The smallest absolute Gasteiger partial charge is 0.322 e. The molecule has 0 saturated carbocycles. The van der Waals surface area contributed by atoms with Gasteiger partial charge < -0.3 is 10.1 Å². The number of nitro benzene ring substituents is 1. The number of methoxy groups -OCH3 is 1. The Kier molecular flexibility index (Phi) is 5.11. The van der Waals surface area contributed by atoms with E-state index >= 15 is 0 Å². The summed E-state index contributed by atoms with van der Waals surface area (Å²) in [6.45, 7) is 1.11. The maximum atomic E-state index is 11.8. The lowest BCUT2D eigenvalue weighted by molar-refractivity contribution is -1.07. The summed E-state index contributed by atoms with van der Waals surface area (Å²) in [7, 11) is 4.82. The van der Waals surface area contributed by atoms with E-state index in [0.717, 1.165) is 10.9 Å². The Morgan fingerprint density at radius 2 is 1.96 bits per heavy atom. The predicted molar refractivity (Wildman–Crippen MR) is 104 cm³/mol. The maximum Gasteiger partial charge on any atom is 0.322 e. The molecule has 0 fully saturated rings. The minimum Gasteiger partial charge on any atom is -0.490 e. The number of pyridine rings is 1. The van der Waals surface area contributed by atoms with Gasteiger partial charge in [0.05, 0.1) is 42.8 Å². The molecule has 8 heteroatoms. The molecule has 142 valence electrons. The van der Waals surface area contributed by atoms with E-state index in [4.69, 9.17) is 4.74 Å². The van der Waals surface area contributed by atoms with E-state index in [1.54, 1.807) is 26.2 Å². The van der Waals surface area contributed by atoms with Crippen molar-refractivity contribution in [1.29, 1.82) is 0 Å². The molecule has 0 spiro atoms. The Labute approximate surface area is 156 Å². The van der Waals surface area contributed by atoms with Gasteiger partial charge in [0.25, 0.3) is 0 Å². The number of nitrogens with zero attached hydrogens (tertiary/aromatic N) is 3. The number of nitrogens with one attached hydrogen (secondary N) is 1. The van der Waals surface area contributed by atoms with Crippen LogP contribution in [-0.2, 0) is 0 Å². The van der Waals surface area contributed by atoms with Gasteiger partial charge in [0.15, 0.2) is 5.75 Å². The van der Waals surface area contributed by atoms with Crippen LogP contribution in [0.5, 0.6) is 5.75 Å². The average molecular weight is 371 g/mol. The number of para-hydroxylation sites is 1. The van der Waals surface area contributed by atoms with Crippen molar-refractivity contribution in [3.8, 4) is 5.75 Å². The SMILES string of the molecule is COc1ccc2nc3ccccc3c(NCCC[N+](C)(C)O)c2c1[N+](=O)[O-]. The zero-order chi connectivity index (χ0) is 19.6. The number of ether oxygens (including phenoxy) is 1. The fourth-order valence-corrected chi connectivity index (χ4v) is 3.16. The van der Waals surface area contributed by atoms with E-state index in [1.807, 2.05) is 24.3 Å². The number of quaternary nitrogens is 1. The van der Waals surface area contributed by atoms with Gasteiger partial charge in [-0.05, 0) is 18.2 Å². The number of rotatable bonds is 7. The molecule has 0 aliphatic carbocycles. The van der Waals surface area contributed by atoms with Crippen LogP contribution in [0.15, 0.2) is 36.4 Å². The summed E-state index contributed by atoms with van der Waals surface area (Å²) >= 11 is 0. The topological polar surface area (TPSA) is 97.5 Å². The third kappa shape index (κ3) is 3.91. The summed E-state index contributed by atoms with van der Waals surface area (Å²) in [5.41, 5.74) is 1.84. The van der Waals surface area contributed by atoms with E-state index in [1.165, 1.54) is 7.11 Å². The first-order chi connectivity index (χ1) is 12.8. The Morgan fingerprint density at radius 3 is 2.63 bits per heavy atom. The quantitative estimate of drug-likeness (QED) is 0.217. The Morgan fingerprint density at radius 1 is 1.22 bits per heavy atom. The van der Waals surface area contributed by atoms with Crippen LogP contribution in [0.25, 0.3) is 21.8 Å². The van der Waals surface area contributed by atoms with Gasteiger partial charge in [-0.15, -0.1) is 0 Å². The molecule has 1 aromatic heterocycles. The van der Waals surface area contributed by atoms with Crippen LogP contribution in [0.1, 0.15) is 6.42 Å². The van der Waals surface area contributed by atoms with E-state index in [9.17, 15) is 15.3 Å². The average Bonchev–Trinajstić information content (AvgIpc) is 2.62. The summed E-state index contributed by atoms with van der Waals surface area (Å²) in [6, 6.07) is 10.8. The molecular formula is C19H23N4O4+. The van der Waals surface area contributed by atoms with Crippen LogP contribution in [0, 0.1) is 10.1 Å². The highest BCUT2D eigenvalue weighted by atomic mass is 16.6. The van der Waals surface area contributed by atoms with E-state index in [2.05, 4.69) is 10.3 Å². The number of hydroxylamine groups is 3. The van der Waals surface area contributed by atoms with Gasteiger partial charge in [0.2, 0.25) is 0 Å². The number of anilines is 1. The molecule has 27 heavy (non-hydrogen) atoms. The maximum absolute atomic E-state index is 11.8. The Bertz CT molecular complexity index is 998. The van der Waals surface area contributed by atoms with E-state index in [0.29, 0.717) is 36.1 Å². The van der Waals surface area contributed by atoms with E-state index < -0.39 is 4.92 Å². The second-order valence-electron chi connectivity index (χ2n) is 6.90. The minimum atomic E-state index is -0.434. The number of hydrogen-bond donors (Lipinski definition) is 2. The monoisotopic (exact) mass is 371 g/mol. The van der Waals surface area contributed by atoms with Crippen molar-refractivity contribution in [2.24, 2.45) is 0 Å². The number of nitro groups is 1. The van der Waals surface area contributed by atoms with Crippen LogP contribution in [0.4, 0.5) is 11.4 Å². The molecule has 0 aliphatic heterocycles. The van der Waals surface area contributed by atoms with Gasteiger partial charge in [-0.3, -0.25) is 10.1 Å². The van der Waals surface area contributed by atoms with Crippen molar-refractivity contribution >= 4 is 33.2 Å². The van der Waals surface area contributed by atoms with Crippen LogP contribution in [0.2, 0.25) is 0 Å². The molecule has 0 radical (unpaired) electrons. The van der Waals surface area contributed by atoms with Crippen LogP contribution >= 0.6 is 0 Å². The summed E-state index contributed by atoms with van der Waals surface area (Å²) in [6.07, 6.45) is 0.694. The molecule has 0 amide bonds. The predicted octanol–water partition coefficient (Wildman–Crippen LogP) is 3.57. The van der Waals surface area contributed by atoms with Gasteiger partial charge in [0, 0.05) is 18.4 Å². The standard InChI is InChI=1S/C19H23N4O4/c1-23(2,26)12-6-11-20-18-13-7-4-5-8-14(13)21-15-9-10-16(27-3)19(17(15)18)22(24)25/h4-5,7-10,26H,6,11-12H2,1-3H3,(H,20,21)/q+1. The van der Waals surface area contributed by atoms with Gasteiger partial charge in [-0.2, -0.15) is 4.65 Å². The summed E-state index contributed by atoms with van der Waals surface area (Å²) in [5.74, 6) is 0.195. The molecule has 2 aromatic carbocycles. The highest BCUT2D eigenvalue weighted by Gasteiger charge is 2.24. The molecule has 0 unspecified atom stereocenters. The van der Waals surface area contributed by atoms with Crippen LogP contribution in [0.3, 0.4) is 0 Å². The Balaban J connectivity index is 2.17. The Hall–Kier alpha value is -2.97. The third-order valence-corrected chi connectivity index (χ3v) is 4.37. The molecule has 8 nitrogen and oxygen atoms in total. The molecule has 0 saturated heterocycles. The molecule has 3 aromatic rings. The third-order valence-electron chi connectivity index (χ3n) is 4.37. The van der Waals surface area contributed by atoms with Crippen molar-refractivity contribution in [1.82, 2.24) is 4.98 Å². The first-order valence-electron chi connectivity index (χ1n) is 8.65. The minimum absolute atomic E-state index is 0.103. The molecular weight excluding hydrogens is 348 g/mol. The lowest BCUT2D eigenvalue weighted by Gasteiger charge is -2.20. The van der Waals surface area contributed by atoms with Crippen molar-refractivity contribution < 1.29 is 19.5 Å². The summed E-state index contributed by atoms with van der Waals surface area (Å²) < 4.78 is 5.09. The molecule has 0 aliphatic rings.